The number of carbonyl (C=O) groups is 1. The molecule has 0 aliphatic carbocycles. The van der Waals surface area contributed by atoms with Crippen molar-refractivity contribution in [2.75, 3.05) is 36.9 Å². The lowest BCUT2D eigenvalue weighted by atomic mass is 9.91. The number of benzene rings is 2. The number of non-ortho nitro benzene ring substituents is 1. The average Bonchev–Trinajstić information content (AvgIpc) is 3.34. The highest BCUT2D eigenvalue weighted by Crippen LogP contribution is 2.30. The number of anilines is 4. The van der Waals surface area contributed by atoms with Crippen molar-refractivity contribution >= 4 is 45.8 Å². The molecule has 12 heteroatoms. The molecule has 0 amide bonds. The summed E-state index contributed by atoms with van der Waals surface area (Å²) in [6.07, 6.45) is 2.69. The number of fused-ring (bicyclic) bond motifs is 1. The highest BCUT2D eigenvalue weighted by molar-refractivity contribution is 5.91. The van der Waals surface area contributed by atoms with Gasteiger partial charge in [0.1, 0.15) is 18.1 Å². The number of aromatic nitrogens is 3. The standard InChI is InChI=1S/C31H36FN7O4/c1-20-14-21(15-22-17-37(18-22)13-11-32)8-9-26(20)34-30-35-27(33-23-6-5-7-24(16-23)39(41)42)25-10-12-38(28(25)36-30)19-43-29(40)31(2,3)4/h5-10,12,14,16,22H,11,13,15,17-19H2,1-4H3,(H2,33,34,35,36). The van der Waals surface area contributed by atoms with Gasteiger partial charge in [-0.1, -0.05) is 18.2 Å². The number of nitro benzene ring substituents is 1. The Morgan fingerprint density at radius 2 is 1.93 bits per heavy atom. The van der Waals surface area contributed by atoms with Gasteiger partial charge in [0.25, 0.3) is 5.69 Å². The number of likely N-dealkylation sites (tertiary alicyclic amines) is 1. The van der Waals surface area contributed by atoms with Gasteiger partial charge in [-0.3, -0.25) is 19.5 Å². The van der Waals surface area contributed by atoms with E-state index in [0.717, 1.165) is 30.8 Å². The van der Waals surface area contributed by atoms with Crippen molar-refractivity contribution in [3.63, 3.8) is 0 Å². The first-order valence-electron chi connectivity index (χ1n) is 14.2. The van der Waals surface area contributed by atoms with Crippen LogP contribution in [-0.2, 0) is 22.7 Å². The summed E-state index contributed by atoms with van der Waals surface area (Å²) >= 11 is 0. The Morgan fingerprint density at radius 1 is 1.14 bits per heavy atom. The molecule has 4 aromatic rings. The van der Waals surface area contributed by atoms with E-state index in [4.69, 9.17) is 14.7 Å². The van der Waals surface area contributed by atoms with Gasteiger partial charge in [0.2, 0.25) is 5.95 Å². The van der Waals surface area contributed by atoms with Crippen LogP contribution < -0.4 is 10.6 Å². The van der Waals surface area contributed by atoms with Crippen molar-refractivity contribution in [2.24, 2.45) is 11.3 Å². The summed E-state index contributed by atoms with van der Waals surface area (Å²) in [5, 5.41) is 18.5. The second-order valence-electron chi connectivity index (χ2n) is 12.0. The number of rotatable bonds is 11. The van der Waals surface area contributed by atoms with Gasteiger partial charge in [0.15, 0.2) is 6.73 Å². The monoisotopic (exact) mass is 589 g/mol. The number of alkyl halides is 1. The Morgan fingerprint density at radius 3 is 2.63 bits per heavy atom. The molecule has 1 saturated heterocycles. The van der Waals surface area contributed by atoms with Gasteiger partial charge in [-0.15, -0.1) is 0 Å². The number of aryl methyl sites for hydroxylation is 1. The fourth-order valence-electron chi connectivity index (χ4n) is 5.05. The maximum Gasteiger partial charge on any atom is 0.312 e. The summed E-state index contributed by atoms with van der Waals surface area (Å²) in [4.78, 5) is 34.9. The third-order valence-corrected chi connectivity index (χ3v) is 7.38. The molecular weight excluding hydrogens is 553 g/mol. The summed E-state index contributed by atoms with van der Waals surface area (Å²) in [6, 6.07) is 14.2. The Bertz CT molecular complexity index is 1640. The van der Waals surface area contributed by atoms with E-state index in [-0.39, 0.29) is 25.1 Å². The highest BCUT2D eigenvalue weighted by atomic mass is 19.1. The fraction of sp³-hybridized carbons (Fsp3) is 0.387. The molecule has 11 nitrogen and oxygen atoms in total. The molecule has 0 saturated carbocycles. The number of nitrogens with zero attached hydrogens (tertiary/aromatic N) is 5. The molecule has 0 unspecified atom stereocenters. The maximum atomic E-state index is 12.6. The number of halogens is 1. The van der Waals surface area contributed by atoms with Gasteiger partial charge < -0.3 is 20.3 Å². The van der Waals surface area contributed by atoms with E-state index >= 15 is 0 Å². The number of ether oxygens (including phenoxy) is 1. The van der Waals surface area contributed by atoms with Gasteiger partial charge in [-0.05, 0) is 69.4 Å². The van der Waals surface area contributed by atoms with Gasteiger partial charge in [0, 0.05) is 49.3 Å². The Labute approximate surface area is 249 Å². The SMILES string of the molecule is Cc1cc(CC2CN(CCF)C2)ccc1Nc1nc(Nc2cccc([N+](=O)[O-])c2)c2ccn(COC(=O)C(C)(C)C)c2n1. The Kier molecular flexibility index (Phi) is 8.58. The van der Waals surface area contributed by atoms with Crippen molar-refractivity contribution in [3.8, 4) is 0 Å². The minimum absolute atomic E-state index is 0.0377. The van der Waals surface area contributed by atoms with Crippen LogP contribution in [0.1, 0.15) is 31.9 Å². The van der Waals surface area contributed by atoms with Crippen LogP contribution in [-0.4, -0.2) is 56.6 Å². The molecule has 5 rings (SSSR count). The fourth-order valence-corrected chi connectivity index (χ4v) is 5.05. The molecule has 2 aromatic carbocycles. The molecule has 226 valence electrons. The van der Waals surface area contributed by atoms with Crippen molar-refractivity contribution < 1.29 is 18.8 Å². The second kappa shape index (κ2) is 12.3. The molecular formula is C31H36FN7O4. The molecule has 2 N–H and O–H groups in total. The molecule has 0 radical (unpaired) electrons. The zero-order valence-electron chi connectivity index (χ0n) is 24.8. The zero-order chi connectivity index (χ0) is 30.7. The first-order valence-corrected chi connectivity index (χ1v) is 14.2. The van der Waals surface area contributed by atoms with E-state index in [0.29, 0.717) is 40.9 Å². The van der Waals surface area contributed by atoms with Crippen LogP contribution in [0.3, 0.4) is 0 Å². The van der Waals surface area contributed by atoms with Crippen molar-refractivity contribution in [3.05, 3.63) is 76.0 Å². The van der Waals surface area contributed by atoms with Gasteiger partial charge in [-0.2, -0.15) is 9.97 Å². The van der Waals surface area contributed by atoms with Crippen LogP contribution in [0.4, 0.5) is 33.2 Å². The molecule has 0 spiro atoms. The zero-order valence-corrected chi connectivity index (χ0v) is 24.8. The van der Waals surface area contributed by atoms with Crippen molar-refractivity contribution in [1.82, 2.24) is 19.4 Å². The second-order valence-corrected chi connectivity index (χ2v) is 12.0. The number of carbonyl (C=O) groups excluding carboxylic acids is 1. The lowest BCUT2D eigenvalue weighted by Crippen LogP contribution is -2.48. The lowest BCUT2D eigenvalue weighted by molar-refractivity contribution is -0.384. The molecule has 3 heterocycles. The van der Waals surface area contributed by atoms with E-state index in [2.05, 4.69) is 27.7 Å². The van der Waals surface area contributed by atoms with Crippen LogP contribution in [0, 0.1) is 28.4 Å². The number of nitro groups is 1. The first kappa shape index (κ1) is 29.9. The van der Waals surface area contributed by atoms with Crippen LogP contribution in [0.2, 0.25) is 0 Å². The van der Waals surface area contributed by atoms with E-state index in [1.807, 2.05) is 13.0 Å². The van der Waals surface area contributed by atoms with E-state index in [1.54, 1.807) is 49.7 Å². The molecule has 1 aliphatic heterocycles. The quantitative estimate of drug-likeness (QED) is 0.121. The molecule has 0 atom stereocenters. The molecule has 2 aromatic heterocycles. The predicted octanol–water partition coefficient (Wildman–Crippen LogP) is 6.13. The third-order valence-electron chi connectivity index (χ3n) is 7.38. The topological polar surface area (TPSA) is 127 Å². The van der Waals surface area contributed by atoms with Crippen LogP contribution in [0.25, 0.3) is 11.0 Å². The Hall–Kier alpha value is -4.58. The van der Waals surface area contributed by atoms with Crippen LogP contribution in [0.15, 0.2) is 54.7 Å². The van der Waals surface area contributed by atoms with E-state index in [9.17, 15) is 19.3 Å². The molecule has 0 bridgehead atoms. The number of esters is 1. The molecule has 43 heavy (non-hydrogen) atoms. The first-order chi connectivity index (χ1) is 20.5. The molecule has 1 fully saturated rings. The molecule has 1 aliphatic rings. The smallest absolute Gasteiger partial charge is 0.312 e. The number of nitrogens with one attached hydrogen (secondary N) is 2. The number of hydrogen-bond donors (Lipinski definition) is 2. The van der Waals surface area contributed by atoms with Crippen LogP contribution >= 0.6 is 0 Å². The summed E-state index contributed by atoms with van der Waals surface area (Å²) in [5.74, 6) is 0.924. The van der Waals surface area contributed by atoms with Crippen molar-refractivity contribution in [2.45, 2.75) is 40.8 Å². The summed E-state index contributed by atoms with van der Waals surface area (Å²) in [5.41, 5.74) is 3.37. The minimum atomic E-state index is -0.657. The van der Waals surface area contributed by atoms with Crippen LogP contribution in [0.5, 0.6) is 0 Å². The third kappa shape index (κ3) is 7.08. The van der Waals surface area contributed by atoms with Gasteiger partial charge in [-0.25, -0.2) is 4.39 Å². The Balaban J connectivity index is 1.42. The van der Waals surface area contributed by atoms with E-state index in [1.165, 1.54) is 17.7 Å². The highest BCUT2D eigenvalue weighted by Gasteiger charge is 2.26. The number of hydrogen-bond acceptors (Lipinski definition) is 9. The van der Waals surface area contributed by atoms with Gasteiger partial charge in [0.05, 0.1) is 15.7 Å². The summed E-state index contributed by atoms with van der Waals surface area (Å²) in [7, 11) is 0. The maximum absolute atomic E-state index is 12.6. The largest absolute Gasteiger partial charge is 0.443 e. The minimum Gasteiger partial charge on any atom is -0.443 e. The normalized spacial score (nSPS) is 14.0. The van der Waals surface area contributed by atoms with Gasteiger partial charge >= 0.3 is 5.97 Å². The van der Waals surface area contributed by atoms with Crippen molar-refractivity contribution in [1.29, 1.82) is 0 Å². The predicted molar refractivity (Wildman–Crippen MR) is 164 cm³/mol. The summed E-state index contributed by atoms with van der Waals surface area (Å²) in [6.45, 7) is 9.37. The van der Waals surface area contributed by atoms with E-state index < -0.39 is 10.3 Å². The lowest BCUT2D eigenvalue weighted by Gasteiger charge is -2.38. The summed E-state index contributed by atoms with van der Waals surface area (Å²) < 4.78 is 19.8. The average molecular weight is 590 g/mol.